The summed E-state index contributed by atoms with van der Waals surface area (Å²) in [6, 6.07) is 8.00. The maximum absolute atomic E-state index is 5.23. The van der Waals surface area contributed by atoms with Crippen LogP contribution in [0.25, 0.3) is 11.4 Å². The third kappa shape index (κ3) is 5.06. The molecular weight excluding hydrogens is 320 g/mol. The van der Waals surface area contributed by atoms with Crippen LogP contribution in [0.5, 0.6) is 5.75 Å². The maximum atomic E-state index is 5.23. The van der Waals surface area contributed by atoms with Gasteiger partial charge in [0, 0.05) is 17.5 Å². The summed E-state index contributed by atoms with van der Waals surface area (Å²) in [6.45, 7) is 2.28. The molecule has 2 aromatic rings. The van der Waals surface area contributed by atoms with Gasteiger partial charge in [-0.3, -0.25) is 0 Å². The minimum absolute atomic E-state index is 0.823. The molecule has 1 heterocycles. The van der Waals surface area contributed by atoms with Gasteiger partial charge in [-0.05, 0) is 55.0 Å². The first kappa shape index (κ1) is 18.9. The monoisotopic (exact) mass is 352 g/mol. The molecule has 0 spiro atoms. The van der Waals surface area contributed by atoms with Crippen LogP contribution in [0.4, 0.5) is 0 Å². The predicted octanol–water partition coefficient (Wildman–Crippen LogP) is 6.01. The Hall–Kier alpha value is -1.90. The lowest BCUT2D eigenvalue weighted by atomic mass is 9.84. The highest BCUT2D eigenvalue weighted by Crippen LogP contribution is 2.29. The maximum Gasteiger partial charge on any atom is 0.159 e. The Labute approximate surface area is 158 Å². The molecule has 0 saturated carbocycles. The number of hydrogen-bond donors (Lipinski definition) is 0. The first-order valence-corrected chi connectivity index (χ1v) is 10.3. The number of nitrogens with zero attached hydrogens (tertiary/aromatic N) is 2. The topological polar surface area (TPSA) is 35.0 Å². The third-order valence-corrected chi connectivity index (χ3v) is 5.57. The zero-order valence-electron chi connectivity index (χ0n) is 16.3. The van der Waals surface area contributed by atoms with E-state index in [1.54, 1.807) is 7.11 Å². The summed E-state index contributed by atoms with van der Waals surface area (Å²) in [6.07, 6.45) is 15.3. The average Bonchev–Trinajstić information content (AvgIpc) is 2.70. The summed E-state index contributed by atoms with van der Waals surface area (Å²) in [5.41, 5.74) is 3.68. The van der Waals surface area contributed by atoms with E-state index in [1.807, 2.05) is 24.3 Å². The summed E-state index contributed by atoms with van der Waals surface area (Å²) >= 11 is 0. The molecule has 0 fully saturated rings. The van der Waals surface area contributed by atoms with Gasteiger partial charge in [0.15, 0.2) is 5.82 Å². The van der Waals surface area contributed by atoms with Crippen LogP contribution in [0.15, 0.2) is 30.5 Å². The molecule has 3 heteroatoms. The van der Waals surface area contributed by atoms with Crippen LogP contribution in [-0.2, 0) is 12.8 Å². The van der Waals surface area contributed by atoms with Crippen LogP contribution in [-0.4, -0.2) is 17.1 Å². The highest BCUT2D eigenvalue weighted by Gasteiger charge is 2.20. The van der Waals surface area contributed by atoms with E-state index in [-0.39, 0.29) is 0 Å². The molecule has 1 atom stereocenters. The second-order valence-electron chi connectivity index (χ2n) is 7.56. The van der Waals surface area contributed by atoms with E-state index in [2.05, 4.69) is 18.1 Å². The van der Waals surface area contributed by atoms with Gasteiger partial charge in [0.1, 0.15) is 5.75 Å². The van der Waals surface area contributed by atoms with Gasteiger partial charge < -0.3 is 4.74 Å². The molecule has 1 aromatic heterocycles. The predicted molar refractivity (Wildman–Crippen MR) is 108 cm³/mol. The van der Waals surface area contributed by atoms with Crippen molar-refractivity contribution in [3.8, 4) is 17.1 Å². The molecule has 0 aliphatic heterocycles. The first-order chi connectivity index (χ1) is 12.8. The molecule has 3 rings (SSSR count). The number of fused-ring (bicyclic) bond motifs is 1. The molecule has 3 nitrogen and oxygen atoms in total. The van der Waals surface area contributed by atoms with Gasteiger partial charge in [-0.1, -0.05) is 51.9 Å². The van der Waals surface area contributed by atoms with E-state index in [9.17, 15) is 0 Å². The van der Waals surface area contributed by atoms with Gasteiger partial charge in [-0.15, -0.1) is 0 Å². The number of unbranched alkanes of at least 4 members (excludes halogenated alkanes) is 5. The SMILES string of the molecule is CCCCCCCCC1CCc2nc(-c3ccc(OC)cc3)ncc2C1. The minimum atomic E-state index is 0.823. The molecule has 0 N–H and O–H groups in total. The molecular formula is C23H32N2O. The Morgan fingerprint density at radius 1 is 1.04 bits per heavy atom. The van der Waals surface area contributed by atoms with Crippen molar-refractivity contribution in [3.05, 3.63) is 41.7 Å². The van der Waals surface area contributed by atoms with Crippen molar-refractivity contribution < 1.29 is 4.74 Å². The standard InChI is InChI=1S/C23H32N2O/c1-3-4-5-6-7-8-9-18-10-15-22-20(16-18)17-24-23(25-22)19-11-13-21(26-2)14-12-19/h11-14,17-18H,3-10,15-16H2,1-2H3. The molecule has 1 aliphatic carbocycles. The number of aromatic nitrogens is 2. The van der Waals surface area contributed by atoms with Crippen molar-refractivity contribution in [2.24, 2.45) is 5.92 Å². The van der Waals surface area contributed by atoms with Gasteiger partial charge >= 0.3 is 0 Å². The molecule has 0 saturated heterocycles. The van der Waals surface area contributed by atoms with Crippen LogP contribution in [0.2, 0.25) is 0 Å². The summed E-state index contributed by atoms with van der Waals surface area (Å²) < 4.78 is 5.23. The molecule has 1 unspecified atom stereocenters. The number of benzene rings is 1. The van der Waals surface area contributed by atoms with Crippen LogP contribution in [0.3, 0.4) is 0 Å². The zero-order chi connectivity index (χ0) is 18.2. The highest BCUT2D eigenvalue weighted by molar-refractivity contribution is 5.56. The lowest BCUT2D eigenvalue weighted by Gasteiger charge is -2.24. The fraction of sp³-hybridized carbons (Fsp3) is 0.565. The van der Waals surface area contributed by atoms with Crippen LogP contribution >= 0.6 is 0 Å². The van der Waals surface area contributed by atoms with Gasteiger partial charge in [0.2, 0.25) is 0 Å². The Morgan fingerprint density at radius 2 is 1.81 bits per heavy atom. The number of methoxy groups -OCH3 is 1. The number of ether oxygens (including phenoxy) is 1. The average molecular weight is 353 g/mol. The molecule has 0 radical (unpaired) electrons. The summed E-state index contributed by atoms with van der Waals surface area (Å²) in [5.74, 6) is 2.52. The van der Waals surface area contributed by atoms with Crippen molar-refractivity contribution in [1.29, 1.82) is 0 Å². The summed E-state index contributed by atoms with van der Waals surface area (Å²) in [4.78, 5) is 9.48. The lowest BCUT2D eigenvalue weighted by Crippen LogP contribution is -2.16. The number of rotatable bonds is 9. The second kappa shape index (κ2) is 9.70. The van der Waals surface area contributed by atoms with Gasteiger partial charge in [-0.2, -0.15) is 0 Å². The first-order valence-electron chi connectivity index (χ1n) is 10.3. The van der Waals surface area contributed by atoms with E-state index < -0.39 is 0 Å². The van der Waals surface area contributed by atoms with Crippen molar-refractivity contribution >= 4 is 0 Å². The number of aryl methyl sites for hydroxylation is 1. The van der Waals surface area contributed by atoms with Crippen molar-refractivity contribution in [2.45, 2.75) is 71.1 Å². The Kier molecular flexibility index (Phi) is 7.04. The third-order valence-electron chi connectivity index (χ3n) is 5.57. The van der Waals surface area contributed by atoms with E-state index in [1.165, 1.54) is 62.6 Å². The molecule has 0 amide bonds. The van der Waals surface area contributed by atoms with E-state index in [4.69, 9.17) is 9.72 Å². The fourth-order valence-corrected chi connectivity index (χ4v) is 3.92. The van der Waals surface area contributed by atoms with Gasteiger partial charge in [0.25, 0.3) is 0 Å². The second-order valence-corrected chi connectivity index (χ2v) is 7.56. The molecule has 26 heavy (non-hydrogen) atoms. The highest BCUT2D eigenvalue weighted by atomic mass is 16.5. The Bertz CT molecular complexity index is 681. The van der Waals surface area contributed by atoms with Gasteiger partial charge in [-0.25, -0.2) is 9.97 Å². The van der Waals surface area contributed by atoms with Crippen LogP contribution < -0.4 is 4.74 Å². The lowest BCUT2D eigenvalue weighted by molar-refractivity contribution is 0.400. The summed E-state index contributed by atoms with van der Waals surface area (Å²) in [7, 11) is 1.69. The number of hydrogen-bond acceptors (Lipinski definition) is 3. The van der Waals surface area contributed by atoms with E-state index in [0.717, 1.165) is 35.9 Å². The van der Waals surface area contributed by atoms with Crippen LogP contribution in [0.1, 0.15) is 69.5 Å². The molecule has 0 bridgehead atoms. The Balaban J connectivity index is 1.53. The van der Waals surface area contributed by atoms with Crippen molar-refractivity contribution in [2.75, 3.05) is 7.11 Å². The van der Waals surface area contributed by atoms with E-state index in [0.29, 0.717) is 0 Å². The fourth-order valence-electron chi connectivity index (χ4n) is 3.92. The summed E-state index contributed by atoms with van der Waals surface area (Å²) in [5, 5.41) is 0. The smallest absolute Gasteiger partial charge is 0.159 e. The van der Waals surface area contributed by atoms with Crippen molar-refractivity contribution in [3.63, 3.8) is 0 Å². The van der Waals surface area contributed by atoms with Gasteiger partial charge in [0.05, 0.1) is 7.11 Å². The zero-order valence-corrected chi connectivity index (χ0v) is 16.3. The largest absolute Gasteiger partial charge is 0.497 e. The molecule has 1 aromatic carbocycles. The molecule has 140 valence electrons. The normalized spacial score (nSPS) is 16.3. The quantitative estimate of drug-likeness (QED) is 0.519. The van der Waals surface area contributed by atoms with Crippen LogP contribution in [0, 0.1) is 5.92 Å². The minimum Gasteiger partial charge on any atom is -0.497 e. The van der Waals surface area contributed by atoms with E-state index >= 15 is 0 Å². The molecule has 1 aliphatic rings. The van der Waals surface area contributed by atoms with Crippen molar-refractivity contribution in [1.82, 2.24) is 9.97 Å². The Morgan fingerprint density at radius 3 is 2.58 bits per heavy atom.